The smallest absolute Gasteiger partial charge is 0.213 e. The molecule has 0 aliphatic heterocycles. The van der Waals surface area contributed by atoms with Crippen molar-refractivity contribution in [3.63, 3.8) is 0 Å². The molecule has 116 valence electrons. The average molecular weight is 322 g/mol. The number of hydrogen-bond donors (Lipinski definition) is 0. The summed E-state index contributed by atoms with van der Waals surface area (Å²) in [5.74, 6) is 0.697. The van der Waals surface area contributed by atoms with Crippen LogP contribution in [0, 0.1) is 18.3 Å². The molecule has 23 heavy (non-hydrogen) atoms. The fourth-order valence-electron chi connectivity index (χ4n) is 3.49. The van der Waals surface area contributed by atoms with E-state index in [9.17, 15) is 5.26 Å². The molecule has 2 heterocycles. The van der Waals surface area contributed by atoms with E-state index in [-0.39, 0.29) is 0 Å². The molecule has 4 nitrogen and oxygen atoms in total. The van der Waals surface area contributed by atoms with Gasteiger partial charge in [-0.25, -0.2) is 4.98 Å². The molecular formula is C18H18N4S. The fourth-order valence-corrected chi connectivity index (χ4v) is 4.24. The molecule has 1 saturated carbocycles. The monoisotopic (exact) mass is 322 g/mol. The summed E-state index contributed by atoms with van der Waals surface area (Å²) in [5, 5.41) is 14.8. The van der Waals surface area contributed by atoms with Crippen LogP contribution in [0.5, 0.6) is 0 Å². The zero-order valence-electron chi connectivity index (χ0n) is 13.1. The topological polar surface area (TPSA) is 54.0 Å². The molecule has 1 aliphatic rings. The number of aromatic nitrogens is 3. The van der Waals surface area contributed by atoms with E-state index in [0.29, 0.717) is 11.6 Å². The molecule has 0 spiro atoms. The molecule has 2 aromatic heterocycles. The van der Waals surface area contributed by atoms with Gasteiger partial charge in [-0.1, -0.05) is 54.9 Å². The first-order valence-electron chi connectivity index (χ1n) is 8.13. The third kappa shape index (κ3) is 2.53. The minimum atomic E-state index is 0.523. The van der Waals surface area contributed by atoms with Gasteiger partial charge in [0.05, 0.1) is 0 Å². The number of imidazole rings is 1. The highest BCUT2D eigenvalue weighted by molar-refractivity contribution is 7.16. The lowest BCUT2D eigenvalue weighted by Crippen LogP contribution is -2.04. The summed E-state index contributed by atoms with van der Waals surface area (Å²) in [5.41, 5.74) is 3.68. The molecule has 3 aromatic rings. The summed E-state index contributed by atoms with van der Waals surface area (Å²) >= 11 is 1.51. The quantitative estimate of drug-likeness (QED) is 0.688. The van der Waals surface area contributed by atoms with E-state index >= 15 is 0 Å². The Labute approximate surface area is 139 Å². The van der Waals surface area contributed by atoms with Crippen molar-refractivity contribution in [1.29, 1.82) is 5.26 Å². The Balaban J connectivity index is 1.70. The zero-order valence-corrected chi connectivity index (χ0v) is 13.9. The third-order valence-electron chi connectivity index (χ3n) is 4.67. The summed E-state index contributed by atoms with van der Waals surface area (Å²) in [6, 6.07) is 10.9. The van der Waals surface area contributed by atoms with E-state index in [2.05, 4.69) is 40.4 Å². The van der Waals surface area contributed by atoms with Gasteiger partial charge in [-0.15, -0.1) is 0 Å². The van der Waals surface area contributed by atoms with Crippen LogP contribution < -0.4 is 0 Å². The van der Waals surface area contributed by atoms with Crippen LogP contribution in [0.4, 0.5) is 0 Å². The standard InChI is InChI=1S/C18H18N4S/c1-12-21-22-16(11-19)17(20-18(22)23-12)15-9-7-14(8-10-15)13-5-3-2-4-6-13/h7-10,13H,2-6H2,1H3. The SMILES string of the molecule is Cc1nn2c(C#N)c(-c3ccc(C4CCCCC4)cc3)nc2s1. The van der Waals surface area contributed by atoms with Crippen LogP contribution in [-0.4, -0.2) is 14.6 Å². The Morgan fingerprint density at radius 3 is 2.61 bits per heavy atom. The van der Waals surface area contributed by atoms with E-state index in [1.165, 1.54) is 49.0 Å². The lowest BCUT2D eigenvalue weighted by molar-refractivity contribution is 0.443. The van der Waals surface area contributed by atoms with Crippen molar-refractivity contribution in [3.8, 4) is 17.3 Å². The van der Waals surface area contributed by atoms with Crippen molar-refractivity contribution < 1.29 is 0 Å². The second-order valence-corrected chi connectivity index (χ2v) is 7.35. The molecule has 0 atom stereocenters. The molecule has 0 bridgehead atoms. The van der Waals surface area contributed by atoms with Gasteiger partial charge >= 0.3 is 0 Å². The molecule has 0 unspecified atom stereocenters. The molecule has 1 aromatic carbocycles. The highest BCUT2D eigenvalue weighted by atomic mass is 32.1. The van der Waals surface area contributed by atoms with Gasteiger partial charge in [0, 0.05) is 5.56 Å². The van der Waals surface area contributed by atoms with Crippen molar-refractivity contribution in [2.45, 2.75) is 44.9 Å². The maximum absolute atomic E-state index is 9.49. The fraction of sp³-hybridized carbons (Fsp3) is 0.389. The Hall–Kier alpha value is -2.19. The van der Waals surface area contributed by atoms with E-state index in [1.54, 1.807) is 4.52 Å². The molecule has 0 amide bonds. The summed E-state index contributed by atoms with van der Waals surface area (Å²) in [6.45, 7) is 1.93. The van der Waals surface area contributed by atoms with Gasteiger partial charge in [-0.2, -0.15) is 14.9 Å². The van der Waals surface area contributed by atoms with Crippen LogP contribution in [0.3, 0.4) is 0 Å². The van der Waals surface area contributed by atoms with Gasteiger partial charge in [0.25, 0.3) is 0 Å². The molecule has 0 saturated heterocycles. The number of benzene rings is 1. The van der Waals surface area contributed by atoms with E-state index in [1.807, 2.05) is 6.92 Å². The average Bonchev–Trinajstić information content (AvgIpc) is 3.11. The Morgan fingerprint density at radius 2 is 1.91 bits per heavy atom. The molecule has 0 N–H and O–H groups in total. The van der Waals surface area contributed by atoms with Crippen LogP contribution in [0.2, 0.25) is 0 Å². The summed E-state index contributed by atoms with van der Waals surface area (Å²) < 4.78 is 1.66. The summed E-state index contributed by atoms with van der Waals surface area (Å²) in [4.78, 5) is 5.40. The van der Waals surface area contributed by atoms with Crippen LogP contribution in [0.15, 0.2) is 24.3 Å². The molecular weight excluding hydrogens is 304 g/mol. The Kier molecular flexibility index (Phi) is 3.62. The van der Waals surface area contributed by atoms with Crippen LogP contribution in [0.1, 0.15) is 54.3 Å². The normalized spacial score (nSPS) is 15.8. The number of rotatable bonds is 2. The minimum absolute atomic E-state index is 0.523. The third-order valence-corrected chi connectivity index (χ3v) is 5.50. The van der Waals surface area contributed by atoms with Crippen molar-refractivity contribution >= 4 is 16.3 Å². The van der Waals surface area contributed by atoms with E-state index in [4.69, 9.17) is 0 Å². The van der Waals surface area contributed by atoms with Crippen molar-refractivity contribution in [3.05, 3.63) is 40.5 Å². The summed E-state index contributed by atoms with van der Waals surface area (Å²) in [6.07, 6.45) is 6.65. The first-order valence-corrected chi connectivity index (χ1v) is 8.94. The summed E-state index contributed by atoms with van der Waals surface area (Å²) in [7, 11) is 0. The number of nitriles is 1. The van der Waals surface area contributed by atoms with Crippen LogP contribution in [0.25, 0.3) is 16.2 Å². The van der Waals surface area contributed by atoms with E-state index < -0.39 is 0 Å². The highest BCUT2D eigenvalue weighted by Crippen LogP contribution is 2.34. The van der Waals surface area contributed by atoms with E-state index in [0.717, 1.165) is 21.2 Å². The van der Waals surface area contributed by atoms with Crippen LogP contribution >= 0.6 is 11.3 Å². The maximum Gasteiger partial charge on any atom is 0.213 e. The molecule has 0 radical (unpaired) electrons. The second kappa shape index (κ2) is 5.78. The highest BCUT2D eigenvalue weighted by Gasteiger charge is 2.18. The molecule has 4 rings (SSSR count). The Morgan fingerprint density at radius 1 is 1.17 bits per heavy atom. The lowest BCUT2D eigenvalue weighted by Gasteiger charge is -2.22. The minimum Gasteiger partial charge on any atom is -0.216 e. The molecule has 1 fully saturated rings. The number of hydrogen-bond acceptors (Lipinski definition) is 4. The number of nitrogens with zero attached hydrogens (tertiary/aromatic N) is 4. The van der Waals surface area contributed by atoms with Gasteiger partial charge in [0.1, 0.15) is 16.8 Å². The predicted octanol–water partition coefficient (Wildman–Crippen LogP) is 4.69. The largest absolute Gasteiger partial charge is 0.216 e. The van der Waals surface area contributed by atoms with Gasteiger partial charge < -0.3 is 0 Å². The van der Waals surface area contributed by atoms with Crippen molar-refractivity contribution in [2.75, 3.05) is 0 Å². The first kappa shape index (κ1) is 14.4. The van der Waals surface area contributed by atoms with Crippen LogP contribution in [-0.2, 0) is 0 Å². The predicted molar refractivity (Wildman–Crippen MR) is 91.6 cm³/mol. The Bertz CT molecular complexity index is 876. The lowest BCUT2D eigenvalue weighted by atomic mass is 9.84. The van der Waals surface area contributed by atoms with Gasteiger partial charge in [-0.05, 0) is 31.2 Å². The van der Waals surface area contributed by atoms with Gasteiger partial charge in [-0.3, -0.25) is 0 Å². The van der Waals surface area contributed by atoms with Gasteiger partial charge in [0.15, 0.2) is 5.69 Å². The number of aryl methyl sites for hydroxylation is 1. The van der Waals surface area contributed by atoms with Gasteiger partial charge in [0.2, 0.25) is 4.96 Å². The van der Waals surface area contributed by atoms with Crippen molar-refractivity contribution in [1.82, 2.24) is 14.6 Å². The molecule has 5 heteroatoms. The second-order valence-electron chi connectivity index (χ2n) is 6.19. The zero-order chi connectivity index (χ0) is 15.8. The molecule has 1 aliphatic carbocycles. The number of fused-ring (bicyclic) bond motifs is 1. The first-order chi connectivity index (χ1) is 11.3. The van der Waals surface area contributed by atoms with Crippen molar-refractivity contribution in [2.24, 2.45) is 0 Å². The maximum atomic E-state index is 9.49.